The Kier molecular flexibility index (Phi) is 8.63. The summed E-state index contributed by atoms with van der Waals surface area (Å²) < 4.78 is 38.6. The Bertz CT molecular complexity index is 1250. The fourth-order valence-electron chi connectivity index (χ4n) is 4.61. The third-order valence-corrected chi connectivity index (χ3v) is 8.24. The number of ether oxygens (including phenoxy) is 2. The van der Waals surface area contributed by atoms with Crippen LogP contribution >= 0.6 is 15.9 Å². The summed E-state index contributed by atoms with van der Waals surface area (Å²) in [6.07, 6.45) is 5.03. The average Bonchev–Trinajstić information content (AvgIpc) is 3.37. The minimum atomic E-state index is -3.84. The van der Waals surface area contributed by atoms with Crippen molar-refractivity contribution in [1.29, 1.82) is 0 Å². The van der Waals surface area contributed by atoms with Crippen molar-refractivity contribution in [3.05, 3.63) is 52.5 Å². The molecule has 0 saturated heterocycles. The molecule has 1 fully saturated rings. The number of benzene rings is 2. The molecule has 0 spiro atoms. The van der Waals surface area contributed by atoms with Crippen LogP contribution in [0.2, 0.25) is 0 Å². The van der Waals surface area contributed by atoms with Gasteiger partial charge in [-0.25, -0.2) is 8.42 Å². The molecular weight excluding hydrogens is 562 g/mol. The van der Waals surface area contributed by atoms with Crippen LogP contribution in [-0.4, -0.2) is 63.2 Å². The van der Waals surface area contributed by atoms with E-state index in [1.165, 1.54) is 4.90 Å². The van der Waals surface area contributed by atoms with Gasteiger partial charge in [0.05, 0.1) is 11.9 Å². The minimum absolute atomic E-state index is 0.100. The molecule has 11 heteroatoms. The van der Waals surface area contributed by atoms with Gasteiger partial charge in [-0.2, -0.15) is 0 Å². The highest BCUT2D eigenvalue weighted by atomic mass is 79.9. The highest BCUT2D eigenvalue weighted by molar-refractivity contribution is 9.10. The predicted octanol–water partition coefficient (Wildman–Crippen LogP) is 3.46. The molecule has 2 aromatic carbocycles. The first-order valence-electron chi connectivity index (χ1n) is 12.3. The lowest BCUT2D eigenvalue weighted by Gasteiger charge is -2.32. The fourth-order valence-corrected chi connectivity index (χ4v) is 5.90. The molecule has 1 saturated carbocycles. The summed E-state index contributed by atoms with van der Waals surface area (Å²) in [5.41, 5.74) is 1.10. The normalized spacial score (nSPS) is 16.2. The summed E-state index contributed by atoms with van der Waals surface area (Å²) in [5, 5.41) is 3.06. The number of carbonyl (C=O) groups excluding carboxylic acids is 2. The zero-order valence-corrected chi connectivity index (χ0v) is 23.4. The lowest BCUT2D eigenvalue weighted by molar-refractivity contribution is -0.139. The van der Waals surface area contributed by atoms with Crippen LogP contribution in [-0.2, 0) is 26.2 Å². The fraction of sp³-hybridized carbons (Fsp3) is 0.462. The molecule has 1 heterocycles. The molecule has 37 heavy (non-hydrogen) atoms. The van der Waals surface area contributed by atoms with Crippen molar-refractivity contribution >= 4 is 43.5 Å². The highest BCUT2D eigenvalue weighted by Crippen LogP contribution is 2.34. The number of rotatable bonds is 9. The van der Waals surface area contributed by atoms with Crippen LogP contribution < -0.4 is 19.1 Å². The molecule has 0 unspecified atom stereocenters. The van der Waals surface area contributed by atoms with E-state index in [9.17, 15) is 18.0 Å². The summed E-state index contributed by atoms with van der Waals surface area (Å²) >= 11 is 3.45. The maximum Gasteiger partial charge on any atom is 0.244 e. The molecule has 2 aromatic rings. The predicted molar refractivity (Wildman–Crippen MR) is 144 cm³/mol. The molecule has 1 N–H and O–H groups in total. The highest BCUT2D eigenvalue weighted by Gasteiger charge is 2.32. The number of amides is 2. The molecule has 9 nitrogen and oxygen atoms in total. The number of hydrogen-bond donors (Lipinski definition) is 1. The van der Waals surface area contributed by atoms with E-state index in [0.717, 1.165) is 46.3 Å². The third-order valence-electron chi connectivity index (χ3n) is 6.60. The number of hydrogen-bond acceptors (Lipinski definition) is 6. The topological polar surface area (TPSA) is 105 Å². The summed E-state index contributed by atoms with van der Waals surface area (Å²) in [4.78, 5) is 28.3. The Hall–Kier alpha value is -2.79. The summed E-state index contributed by atoms with van der Waals surface area (Å²) in [6, 6.07) is 11.5. The van der Waals surface area contributed by atoms with Gasteiger partial charge in [0.25, 0.3) is 0 Å². The summed E-state index contributed by atoms with van der Waals surface area (Å²) in [5.74, 6) is 0.193. The Labute approximate surface area is 226 Å². The minimum Gasteiger partial charge on any atom is -0.486 e. The van der Waals surface area contributed by atoms with Gasteiger partial charge in [-0.05, 0) is 49.6 Å². The maximum absolute atomic E-state index is 13.7. The van der Waals surface area contributed by atoms with Gasteiger partial charge in [-0.3, -0.25) is 13.9 Å². The molecule has 1 aliphatic carbocycles. The zero-order valence-electron chi connectivity index (χ0n) is 21.0. The Balaban J connectivity index is 1.60. The largest absolute Gasteiger partial charge is 0.486 e. The molecule has 2 aliphatic rings. The second-order valence-electron chi connectivity index (χ2n) is 9.42. The smallest absolute Gasteiger partial charge is 0.244 e. The van der Waals surface area contributed by atoms with Crippen LogP contribution in [0.4, 0.5) is 5.69 Å². The van der Waals surface area contributed by atoms with Gasteiger partial charge in [-0.1, -0.05) is 40.9 Å². The zero-order chi connectivity index (χ0) is 26.6. The summed E-state index contributed by atoms with van der Waals surface area (Å²) in [6.45, 7) is 2.12. The first-order chi connectivity index (χ1) is 17.6. The number of halogens is 1. The van der Waals surface area contributed by atoms with Crippen molar-refractivity contribution in [2.24, 2.45) is 0 Å². The number of carbonyl (C=O) groups is 2. The molecule has 0 radical (unpaired) electrons. The van der Waals surface area contributed by atoms with Crippen LogP contribution in [0.3, 0.4) is 0 Å². The van der Waals surface area contributed by atoms with E-state index in [1.54, 1.807) is 25.1 Å². The van der Waals surface area contributed by atoms with Crippen molar-refractivity contribution in [2.75, 3.05) is 30.3 Å². The van der Waals surface area contributed by atoms with Crippen LogP contribution in [0.25, 0.3) is 0 Å². The summed E-state index contributed by atoms with van der Waals surface area (Å²) in [7, 11) is -3.84. The van der Waals surface area contributed by atoms with Crippen LogP contribution in [0.1, 0.15) is 38.2 Å². The van der Waals surface area contributed by atoms with E-state index in [4.69, 9.17) is 9.47 Å². The molecule has 1 atom stereocenters. The number of nitrogens with one attached hydrogen (secondary N) is 1. The molecule has 1 aliphatic heterocycles. The van der Waals surface area contributed by atoms with Crippen molar-refractivity contribution in [2.45, 2.75) is 51.2 Å². The quantitative estimate of drug-likeness (QED) is 0.477. The van der Waals surface area contributed by atoms with E-state index in [-0.39, 0.29) is 24.2 Å². The first-order valence-corrected chi connectivity index (χ1v) is 15.0. The van der Waals surface area contributed by atoms with Gasteiger partial charge < -0.3 is 19.7 Å². The van der Waals surface area contributed by atoms with Crippen molar-refractivity contribution in [3.8, 4) is 11.5 Å². The number of anilines is 1. The standard InChI is InChI=1S/C26H32BrN3O6S/c1-18(26(32)28-21-8-3-4-9-21)29(16-19-6-5-7-20(27)14-19)25(31)17-30(37(2,33)34)22-10-11-23-24(15-22)36-13-12-35-23/h5-7,10-11,14-15,18,21H,3-4,8-9,12-13,16-17H2,1-2H3,(H,28,32)/t18-/m1/s1. The van der Waals surface area contributed by atoms with E-state index in [0.29, 0.717) is 24.7 Å². The number of fused-ring (bicyclic) bond motifs is 1. The molecule has 2 amide bonds. The van der Waals surface area contributed by atoms with E-state index in [1.807, 2.05) is 24.3 Å². The van der Waals surface area contributed by atoms with Gasteiger partial charge in [0.2, 0.25) is 21.8 Å². The SMILES string of the molecule is C[C@H](C(=O)NC1CCCC1)N(Cc1cccc(Br)c1)C(=O)CN(c1ccc2c(c1)OCCO2)S(C)(=O)=O. The first kappa shape index (κ1) is 27.3. The Morgan fingerprint density at radius 1 is 1.08 bits per heavy atom. The molecule has 0 bridgehead atoms. The Morgan fingerprint density at radius 3 is 2.46 bits per heavy atom. The Morgan fingerprint density at radius 2 is 1.78 bits per heavy atom. The molecular formula is C26H32BrN3O6S. The van der Waals surface area contributed by atoms with E-state index in [2.05, 4.69) is 21.2 Å². The van der Waals surface area contributed by atoms with Gasteiger partial charge in [0, 0.05) is 23.1 Å². The average molecular weight is 595 g/mol. The number of nitrogens with zero attached hydrogens (tertiary/aromatic N) is 2. The van der Waals surface area contributed by atoms with Crippen molar-refractivity contribution in [3.63, 3.8) is 0 Å². The van der Waals surface area contributed by atoms with Gasteiger partial charge in [0.15, 0.2) is 11.5 Å². The van der Waals surface area contributed by atoms with Crippen LogP contribution in [0.15, 0.2) is 46.9 Å². The van der Waals surface area contributed by atoms with Crippen LogP contribution in [0, 0.1) is 0 Å². The van der Waals surface area contributed by atoms with E-state index < -0.39 is 28.5 Å². The molecule has 200 valence electrons. The maximum atomic E-state index is 13.7. The molecule has 0 aromatic heterocycles. The monoisotopic (exact) mass is 593 g/mol. The third kappa shape index (κ3) is 6.95. The second kappa shape index (κ2) is 11.7. The van der Waals surface area contributed by atoms with Crippen molar-refractivity contribution < 1.29 is 27.5 Å². The molecule has 4 rings (SSSR count). The van der Waals surface area contributed by atoms with E-state index >= 15 is 0 Å². The number of sulfonamides is 1. The van der Waals surface area contributed by atoms with Gasteiger partial charge >= 0.3 is 0 Å². The van der Waals surface area contributed by atoms with Crippen molar-refractivity contribution in [1.82, 2.24) is 10.2 Å². The lowest BCUT2D eigenvalue weighted by Crippen LogP contribution is -2.52. The lowest BCUT2D eigenvalue weighted by atomic mass is 10.1. The van der Waals surface area contributed by atoms with Crippen LogP contribution in [0.5, 0.6) is 11.5 Å². The van der Waals surface area contributed by atoms with Gasteiger partial charge in [0.1, 0.15) is 25.8 Å². The van der Waals surface area contributed by atoms with Gasteiger partial charge in [-0.15, -0.1) is 0 Å². The second-order valence-corrected chi connectivity index (χ2v) is 12.2.